The van der Waals surface area contributed by atoms with Crippen molar-refractivity contribution in [2.75, 3.05) is 0 Å². The van der Waals surface area contributed by atoms with E-state index in [0.717, 1.165) is 10.6 Å². The van der Waals surface area contributed by atoms with E-state index < -0.39 is 0 Å². The Morgan fingerprint density at radius 3 is 2.86 bits per heavy atom. The molecule has 0 atom stereocenters. The molecule has 0 unspecified atom stereocenters. The Balaban J connectivity index is 2.18. The van der Waals surface area contributed by atoms with E-state index in [9.17, 15) is 0 Å². The average molecular weight is 209 g/mol. The predicted molar refractivity (Wildman–Crippen MR) is 53.3 cm³/mol. The van der Waals surface area contributed by atoms with Gasteiger partial charge < -0.3 is 4.42 Å². The van der Waals surface area contributed by atoms with E-state index >= 15 is 0 Å². The number of aromatic nitrogens is 2. The summed E-state index contributed by atoms with van der Waals surface area (Å²) in [6.07, 6.45) is 0.626. The highest BCUT2D eigenvalue weighted by molar-refractivity contribution is 6.30. The Kier molecular flexibility index (Phi) is 2.50. The third-order valence-corrected chi connectivity index (χ3v) is 2.05. The number of rotatable bonds is 2. The van der Waals surface area contributed by atoms with Crippen LogP contribution in [0.15, 0.2) is 28.7 Å². The van der Waals surface area contributed by atoms with Crippen molar-refractivity contribution in [1.82, 2.24) is 10.2 Å². The van der Waals surface area contributed by atoms with Crippen LogP contribution < -0.4 is 0 Å². The minimum Gasteiger partial charge on any atom is -0.425 e. The van der Waals surface area contributed by atoms with Gasteiger partial charge in [0.15, 0.2) is 0 Å². The second-order valence-electron chi connectivity index (χ2n) is 3.02. The Bertz CT molecular complexity index is 439. The van der Waals surface area contributed by atoms with E-state index in [4.69, 9.17) is 16.0 Å². The van der Waals surface area contributed by atoms with Crippen LogP contribution in [-0.2, 0) is 6.42 Å². The summed E-state index contributed by atoms with van der Waals surface area (Å²) in [5, 5.41) is 8.39. The van der Waals surface area contributed by atoms with Crippen LogP contribution in [-0.4, -0.2) is 10.2 Å². The molecule has 0 bridgehead atoms. The average Bonchev–Trinajstić information content (AvgIpc) is 2.51. The standard InChI is InChI=1S/C10H9ClN2O/c1-7-12-13-10(14-7)6-8-3-2-4-9(11)5-8/h2-5H,6H2,1H3. The molecule has 1 aromatic heterocycles. The molecule has 0 aliphatic heterocycles. The zero-order valence-corrected chi connectivity index (χ0v) is 8.45. The number of nitrogens with zero attached hydrogens (tertiary/aromatic N) is 2. The zero-order valence-electron chi connectivity index (χ0n) is 7.70. The van der Waals surface area contributed by atoms with Gasteiger partial charge in [0.25, 0.3) is 0 Å². The molecular formula is C10H9ClN2O. The highest BCUT2D eigenvalue weighted by atomic mass is 35.5. The van der Waals surface area contributed by atoms with Crippen LogP contribution in [0.25, 0.3) is 0 Å². The fraction of sp³-hybridized carbons (Fsp3) is 0.200. The summed E-state index contributed by atoms with van der Waals surface area (Å²) in [7, 11) is 0. The normalized spacial score (nSPS) is 10.4. The van der Waals surface area contributed by atoms with Gasteiger partial charge in [-0.3, -0.25) is 0 Å². The number of hydrogen-bond acceptors (Lipinski definition) is 3. The van der Waals surface area contributed by atoms with Gasteiger partial charge in [0.05, 0.1) is 6.42 Å². The molecule has 0 N–H and O–H groups in total. The molecule has 0 saturated carbocycles. The largest absolute Gasteiger partial charge is 0.425 e. The smallest absolute Gasteiger partial charge is 0.220 e. The third-order valence-electron chi connectivity index (χ3n) is 1.81. The van der Waals surface area contributed by atoms with Gasteiger partial charge in [-0.05, 0) is 17.7 Å². The summed E-state index contributed by atoms with van der Waals surface area (Å²) >= 11 is 5.85. The molecule has 0 aliphatic carbocycles. The Morgan fingerprint density at radius 1 is 1.36 bits per heavy atom. The van der Waals surface area contributed by atoms with Gasteiger partial charge in [0.1, 0.15) is 0 Å². The summed E-state index contributed by atoms with van der Waals surface area (Å²) in [5.41, 5.74) is 1.07. The van der Waals surface area contributed by atoms with Crippen LogP contribution in [0, 0.1) is 6.92 Å². The maximum atomic E-state index is 5.85. The summed E-state index contributed by atoms with van der Waals surface area (Å²) in [6, 6.07) is 7.61. The molecule has 0 radical (unpaired) electrons. The van der Waals surface area contributed by atoms with E-state index in [-0.39, 0.29) is 0 Å². The van der Waals surface area contributed by atoms with Gasteiger partial charge in [-0.25, -0.2) is 0 Å². The van der Waals surface area contributed by atoms with Crippen molar-refractivity contribution in [3.05, 3.63) is 46.6 Å². The minimum atomic E-state index is 0.585. The molecule has 2 rings (SSSR count). The Hall–Kier alpha value is -1.35. The molecule has 1 aromatic carbocycles. The van der Waals surface area contributed by atoms with Crippen LogP contribution in [0.1, 0.15) is 17.3 Å². The molecule has 0 spiro atoms. The molecule has 2 aromatic rings. The van der Waals surface area contributed by atoms with Crippen molar-refractivity contribution in [2.24, 2.45) is 0 Å². The van der Waals surface area contributed by atoms with Crippen LogP contribution in [0.4, 0.5) is 0 Å². The molecule has 0 fully saturated rings. The molecule has 0 amide bonds. The van der Waals surface area contributed by atoms with E-state index in [1.165, 1.54) is 0 Å². The predicted octanol–water partition coefficient (Wildman–Crippen LogP) is 2.62. The summed E-state index contributed by atoms with van der Waals surface area (Å²) in [5.74, 6) is 1.20. The monoisotopic (exact) mass is 208 g/mol. The molecule has 3 nitrogen and oxygen atoms in total. The maximum Gasteiger partial charge on any atom is 0.220 e. The van der Waals surface area contributed by atoms with Crippen molar-refractivity contribution in [3.63, 3.8) is 0 Å². The summed E-state index contributed by atoms with van der Waals surface area (Å²) < 4.78 is 5.26. The van der Waals surface area contributed by atoms with Crippen LogP contribution in [0.5, 0.6) is 0 Å². The van der Waals surface area contributed by atoms with E-state index in [1.54, 1.807) is 6.92 Å². The van der Waals surface area contributed by atoms with Gasteiger partial charge >= 0.3 is 0 Å². The molecule has 1 heterocycles. The first-order chi connectivity index (χ1) is 6.74. The van der Waals surface area contributed by atoms with Crippen LogP contribution >= 0.6 is 11.6 Å². The third kappa shape index (κ3) is 2.12. The number of aryl methyl sites for hydroxylation is 1. The quantitative estimate of drug-likeness (QED) is 0.762. The zero-order chi connectivity index (χ0) is 9.97. The van der Waals surface area contributed by atoms with Crippen molar-refractivity contribution >= 4 is 11.6 Å². The summed E-state index contributed by atoms with van der Waals surface area (Å²) in [6.45, 7) is 1.77. The molecular weight excluding hydrogens is 200 g/mol. The minimum absolute atomic E-state index is 0.585. The van der Waals surface area contributed by atoms with Gasteiger partial charge in [-0.15, -0.1) is 10.2 Å². The van der Waals surface area contributed by atoms with Crippen molar-refractivity contribution < 1.29 is 4.42 Å². The maximum absolute atomic E-state index is 5.85. The lowest BCUT2D eigenvalue weighted by Gasteiger charge is -1.96. The van der Waals surface area contributed by atoms with E-state index in [1.807, 2.05) is 24.3 Å². The molecule has 72 valence electrons. The molecule has 0 saturated heterocycles. The first kappa shape index (κ1) is 9.21. The van der Waals surface area contributed by atoms with Crippen LogP contribution in [0.2, 0.25) is 5.02 Å². The van der Waals surface area contributed by atoms with Crippen molar-refractivity contribution in [2.45, 2.75) is 13.3 Å². The second-order valence-corrected chi connectivity index (χ2v) is 3.46. The molecule has 14 heavy (non-hydrogen) atoms. The highest BCUT2D eigenvalue weighted by Gasteiger charge is 2.03. The van der Waals surface area contributed by atoms with Crippen molar-refractivity contribution in [3.8, 4) is 0 Å². The fourth-order valence-corrected chi connectivity index (χ4v) is 1.44. The SMILES string of the molecule is Cc1nnc(Cc2cccc(Cl)c2)o1. The van der Waals surface area contributed by atoms with Crippen molar-refractivity contribution in [1.29, 1.82) is 0 Å². The Labute approximate surface area is 86.7 Å². The molecule has 0 aliphatic rings. The van der Waals surface area contributed by atoms with E-state index in [0.29, 0.717) is 18.2 Å². The summed E-state index contributed by atoms with van der Waals surface area (Å²) in [4.78, 5) is 0. The van der Waals surface area contributed by atoms with E-state index in [2.05, 4.69) is 10.2 Å². The first-order valence-corrected chi connectivity index (χ1v) is 4.65. The van der Waals surface area contributed by atoms with Gasteiger partial charge in [0, 0.05) is 11.9 Å². The van der Waals surface area contributed by atoms with Gasteiger partial charge in [-0.1, -0.05) is 23.7 Å². The van der Waals surface area contributed by atoms with Gasteiger partial charge in [0.2, 0.25) is 11.8 Å². The fourth-order valence-electron chi connectivity index (χ4n) is 1.23. The number of hydrogen-bond donors (Lipinski definition) is 0. The Morgan fingerprint density at radius 2 is 2.21 bits per heavy atom. The number of benzene rings is 1. The number of halogens is 1. The second kappa shape index (κ2) is 3.80. The lowest BCUT2D eigenvalue weighted by Crippen LogP contribution is -1.87. The topological polar surface area (TPSA) is 38.9 Å². The first-order valence-electron chi connectivity index (χ1n) is 4.27. The lowest BCUT2D eigenvalue weighted by atomic mass is 10.1. The van der Waals surface area contributed by atoms with Crippen LogP contribution in [0.3, 0.4) is 0 Å². The lowest BCUT2D eigenvalue weighted by molar-refractivity contribution is 0.477. The van der Waals surface area contributed by atoms with Gasteiger partial charge in [-0.2, -0.15) is 0 Å². The highest BCUT2D eigenvalue weighted by Crippen LogP contribution is 2.13. The molecule has 4 heteroatoms.